The number of hydrogen-bond acceptors (Lipinski definition) is 3. The predicted octanol–water partition coefficient (Wildman–Crippen LogP) is 1.67. The zero-order chi connectivity index (χ0) is 7.66. The summed E-state index contributed by atoms with van der Waals surface area (Å²) >= 11 is 0. The molecule has 0 spiro atoms. The number of rotatable bonds is 4. The molecular formula is C8H19NO2S. The van der Waals surface area contributed by atoms with Crippen molar-refractivity contribution in [1.82, 2.24) is 6.15 Å². The topological polar surface area (TPSA) is 56.8 Å². The first-order valence-corrected chi connectivity index (χ1v) is 3.29. The van der Waals surface area contributed by atoms with Gasteiger partial charge in [0.1, 0.15) is 0 Å². The first-order valence-electron chi connectivity index (χ1n) is 3.29. The third kappa shape index (κ3) is 33.2. The molecule has 1 saturated heterocycles. The average Bonchev–Trinajstić information content (AvgIpc) is 2.73. The lowest BCUT2D eigenvalue weighted by Crippen LogP contribution is -1.87. The van der Waals surface area contributed by atoms with Crippen LogP contribution in [0.2, 0.25) is 0 Å². The Hall–Kier alpha value is -0.290. The van der Waals surface area contributed by atoms with Crippen LogP contribution in [-0.2, 0) is 9.47 Å². The summed E-state index contributed by atoms with van der Waals surface area (Å²) in [6.07, 6.45) is 3.42. The zero-order valence-electron chi connectivity index (χ0n) is 7.42. The molecular weight excluding hydrogens is 174 g/mol. The fraction of sp³-hybridized carbons (Fsp3) is 0.500. The first-order chi connectivity index (χ1) is 4.91. The van der Waals surface area contributed by atoms with Crippen LogP contribution in [0, 0.1) is 0 Å². The Labute approximate surface area is 81.5 Å². The van der Waals surface area contributed by atoms with Crippen LogP contribution in [0.25, 0.3) is 0 Å². The van der Waals surface area contributed by atoms with Gasteiger partial charge in [-0.25, -0.2) is 0 Å². The van der Waals surface area contributed by atoms with Crippen molar-refractivity contribution in [3.63, 3.8) is 0 Å². The van der Waals surface area contributed by atoms with Crippen molar-refractivity contribution < 1.29 is 9.47 Å². The third-order valence-corrected chi connectivity index (χ3v) is 0.676. The molecule has 1 fully saturated rings. The van der Waals surface area contributed by atoms with E-state index in [1.165, 1.54) is 0 Å². The van der Waals surface area contributed by atoms with E-state index < -0.39 is 0 Å². The molecule has 1 heterocycles. The highest BCUT2D eigenvalue weighted by molar-refractivity contribution is 7.59. The van der Waals surface area contributed by atoms with Gasteiger partial charge < -0.3 is 15.6 Å². The Morgan fingerprint density at radius 3 is 1.67 bits per heavy atom. The minimum atomic E-state index is 0. The summed E-state index contributed by atoms with van der Waals surface area (Å²) in [6.45, 7) is 10.2. The molecule has 0 saturated carbocycles. The summed E-state index contributed by atoms with van der Waals surface area (Å²) < 4.78 is 9.40. The summed E-state index contributed by atoms with van der Waals surface area (Å²) in [5, 5.41) is 0. The lowest BCUT2D eigenvalue weighted by Gasteiger charge is -1.89. The van der Waals surface area contributed by atoms with E-state index in [1.807, 2.05) is 0 Å². The van der Waals surface area contributed by atoms with E-state index in [0.29, 0.717) is 13.2 Å². The van der Waals surface area contributed by atoms with Crippen LogP contribution in [0.3, 0.4) is 0 Å². The molecule has 0 amide bonds. The SMILES string of the molecule is C1CO1.C=CCOCC=C.N.S. The van der Waals surface area contributed by atoms with Gasteiger partial charge in [-0.3, -0.25) is 0 Å². The van der Waals surface area contributed by atoms with Crippen LogP contribution in [0.5, 0.6) is 0 Å². The van der Waals surface area contributed by atoms with Crippen LogP contribution in [0.4, 0.5) is 0 Å². The standard InChI is InChI=1S/C6H10O.C2H4O.H3N.H2S/c1-3-5-7-6-4-2;1-2-3-1;;/h3-4H,1-2,5-6H2;1-2H2;1H3;1H2. The molecule has 0 bridgehead atoms. The first kappa shape index (κ1) is 17.7. The largest absolute Gasteiger partial charge is 0.377 e. The van der Waals surface area contributed by atoms with Gasteiger partial charge in [0.05, 0.1) is 26.4 Å². The second-order valence-electron chi connectivity index (χ2n) is 1.73. The Bertz CT molecular complexity index is 86.3. The maximum absolute atomic E-state index is 4.90. The van der Waals surface area contributed by atoms with E-state index in [-0.39, 0.29) is 19.6 Å². The highest BCUT2D eigenvalue weighted by Gasteiger charge is 1.94. The predicted molar refractivity (Wildman–Crippen MR) is 57.4 cm³/mol. The molecule has 4 heteroatoms. The van der Waals surface area contributed by atoms with E-state index in [2.05, 4.69) is 17.9 Å². The lowest BCUT2D eigenvalue weighted by molar-refractivity contribution is 0.194. The molecule has 12 heavy (non-hydrogen) atoms. The molecule has 1 aliphatic rings. The van der Waals surface area contributed by atoms with E-state index >= 15 is 0 Å². The van der Waals surface area contributed by atoms with Crippen molar-refractivity contribution in [2.75, 3.05) is 26.4 Å². The van der Waals surface area contributed by atoms with Crippen LogP contribution >= 0.6 is 13.5 Å². The zero-order valence-corrected chi connectivity index (χ0v) is 8.42. The van der Waals surface area contributed by atoms with Gasteiger partial charge in [0.15, 0.2) is 0 Å². The number of hydrogen-bond donors (Lipinski definition) is 1. The van der Waals surface area contributed by atoms with Crippen molar-refractivity contribution in [2.45, 2.75) is 0 Å². The second kappa shape index (κ2) is 17.0. The highest BCUT2D eigenvalue weighted by Crippen LogP contribution is 1.84. The quantitative estimate of drug-likeness (QED) is 0.420. The fourth-order valence-electron chi connectivity index (χ4n) is 0.235. The van der Waals surface area contributed by atoms with Gasteiger partial charge in [0.2, 0.25) is 0 Å². The molecule has 0 aromatic rings. The Balaban J connectivity index is -0.000000138. The molecule has 74 valence electrons. The van der Waals surface area contributed by atoms with Crippen LogP contribution in [0.15, 0.2) is 25.3 Å². The van der Waals surface area contributed by atoms with Crippen molar-refractivity contribution in [1.29, 1.82) is 0 Å². The summed E-state index contributed by atoms with van der Waals surface area (Å²) in [6, 6.07) is 0. The minimum Gasteiger partial charge on any atom is -0.377 e. The third-order valence-electron chi connectivity index (χ3n) is 0.676. The van der Waals surface area contributed by atoms with Gasteiger partial charge in [-0.05, 0) is 0 Å². The van der Waals surface area contributed by atoms with Crippen molar-refractivity contribution in [3.8, 4) is 0 Å². The maximum Gasteiger partial charge on any atom is 0.0701 e. The van der Waals surface area contributed by atoms with Gasteiger partial charge in [0.25, 0.3) is 0 Å². The van der Waals surface area contributed by atoms with Gasteiger partial charge in [-0.2, -0.15) is 13.5 Å². The van der Waals surface area contributed by atoms with Crippen LogP contribution < -0.4 is 6.15 Å². The molecule has 0 radical (unpaired) electrons. The number of epoxide rings is 1. The summed E-state index contributed by atoms with van der Waals surface area (Å²) in [5.41, 5.74) is 0. The number of ether oxygens (including phenoxy) is 2. The lowest BCUT2D eigenvalue weighted by atomic mass is 10.6. The molecule has 3 N–H and O–H groups in total. The molecule has 0 aromatic carbocycles. The Morgan fingerprint density at radius 1 is 1.17 bits per heavy atom. The summed E-state index contributed by atoms with van der Waals surface area (Å²) in [5.74, 6) is 0. The van der Waals surface area contributed by atoms with E-state index in [4.69, 9.17) is 4.74 Å². The van der Waals surface area contributed by atoms with Crippen LogP contribution in [-0.4, -0.2) is 26.4 Å². The molecule has 0 aromatic heterocycles. The molecule has 3 nitrogen and oxygen atoms in total. The van der Waals surface area contributed by atoms with E-state index in [1.54, 1.807) is 12.2 Å². The maximum atomic E-state index is 4.90. The Kier molecular flexibility index (Phi) is 25.1. The van der Waals surface area contributed by atoms with E-state index in [9.17, 15) is 0 Å². The van der Waals surface area contributed by atoms with E-state index in [0.717, 1.165) is 13.2 Å². The Morgan fingerprint density at radius 2 is 1.50 bits per heavy atom. The van der Waals surface area contributed by atoms with Gasteiger partial charge in [0, 0.05) is 0 Å². The molecule has 1 rings (SSSR count). The van der Waals surface area contributed by atoms with Crippen molar-refractivity contribution in [3.05, 3.63) is 25.3 Å². The molecule has 0 unspecified atom stereocenters. The van der Waals surface area contributed by atoms with Gasteiger partial charge >= 0.3 is 0 Å². The molecule has 1 aliphatic heterocycles. The summed E-state index contributed by atoms with van der Waals surface area (Å²) in [7, 11) is 0. The summed E-state index contributed by atoms with van der Waals surface area (Å²) in [4.78, 5) is 0. The molecule has 0 aliphatic carbocycles. The van der Waals surface area contributed by atoms with Gasteiger partial charge in [-0.1, -0.05) is 12.2 Å². The average molecular weight is 193 g/mol. The fourth-order valence-corrected chi connectivity index (χ4v) is 0.235. The monoisotopic (exact) mass is 193 g/mol. The highest BCUT2D eigenvalue weighted by atomic mass is 32.1. The normalized spacial score (nSPS) is 10.7. The van der Waals surface area contributed by atoms with Gasteiger partial charge in [-0.15, -0.1) is 13.2 Å². The minimum absolute atomic E-state index is 0. The molecule has 0 atom stereocenters. The second-order valence-corrected chi connectivity index (χ2v) is 1.73. The van der Waals surface area contributed by atoms with Crippen LogP contribution in [0.1, 0.15) is 0 Å². The van der Waals surface area contributed by atoms with Crippen molar-refractivity contribution >= 4 is 13.5 Å². The smallest absolute Gasteiger partial charge is 0.0701 e. The van der Waals surface area contributed by atoms with Crippen molar-refractivity contribution in [2.24, 2.45) is 0 Å².